The summed E-state index contributed by atoms with van der Waals surface area (Å²) in [6.45, 7) is 1.50. The zero-order valence-corrected chi connectivity index (χ0v) is 10.5. The Morgan fingerprint density at radius 1 is 1.56 bits per heavy atom. The Morgan fingerprint density at radius 2 is 2.28 bits per heavy atom. The van der Waals surface area contributed by atoms with Gasteiger partial charge in [-0.25, -0.2) is 8.78 Å². The average Bonchev–Trinajstić information content (AvgIpc) is 2.63. The molecule has 6 nitrogen and oxygen atoms in total. The van der Waals surface area contributed by atoms with Crippen LogP contribution in [0.4, 0.5) is 8.78 Å². The summed E-state index contributed by atoms with van der Waals surface area (Å²) in [6, 6.07) is 0. The number of hydrogen-bond acceptors (Lipinski definition) is 5. The summed E-state index contributed by atoms with van der Waals surface area (Å²) < 4.78 is 30.1. The van der Waals surface area contributed by atoms with Gasteiger partial charge in [0.2, 0.25) is 0 Å². The van der Waals surface area contributed by atoms with Crippen molar-refractivity contribution in [1.29, 1.82) is 0 Å². The van der Waals surface area contributed by atoms with Crippen LogP contribution in [0.1, 0.15) is 5.82 Å². The third kappa shape index (κ3) is 4.96. The van der Waals surface area contributed by atoms with E-state index in [2.05, 4.69) is 10.2 Å². The molecule has 0 aliphatic heterocycles. The molecule has 1 rings (SSSR count). The molecule has 1 heterocycles. The van der Waals surface area contributed by atoms with E-state index in [1.807, 2.05) is 0 Å². The predicted octanol–water partition coefficient (Wildman–Crippen LogP) is 1.04. The summed E-state index contributed by atoms with van der Waals surface area (Å²) in [5.41, 5.74) is 0. The molecule has 0 aliphatic rings. The second-order valence-corrected chi connectivity index (χ2v) is 4.27. The van der Waals surface area contributed by atoms with Gasteiger partial charge in [0.05, 0.1) is 12.4 Å². The molecule has 0 saturated heterocycles. The summed E-state index contributed by atoms with van der Waals surface area (Å²) in [6.07, 6.45) is -2.49. The minimum absolute atomic E-state index is 0.101. The maximum atomic E-state index is 11.8. The van der Waals surface area contributed by atoms with Crippen molar-refractivity contribution in [3.8, 4) is 0 Å². The van der Waals surface area contributed by atoms with E-state index < -0.39 is 19.0 Å². The van der Waals surface area contributed by atoms with Gasteiger partial charge in [-0.05, 0) is 6.92 Å². The number of aromatic nitrogens is 3. The van der Waals surface area contributed by atoms with E-state index in [-0.39, 0.29) is 12.4 Å². The number of alkyl halides is 2. The van der Waals surface area contributed by atoms with Crippen LogP contribution in [0.5, 0.6) is 0 Å². The van der Waals surface area contributed by atoms with Gasteiger partial charge in [0.25, 0.3) is 6.43 Å². The number of rotatable bonds is 8. The Balaban J connectivity index is 2.47. The maximum absolute atomic E-state index is 11.8. The summed E-state index contributed by atoms with van der Waals surface area (Å²) in [5, 5.41) is 16.6. The minimum atomic E-state index is -2.49. The first-order valence-electron chi connectivity index (χ1n) is 5.11. The van der Waals surface area contributed by atoms with Crippen LogP contribution in [-0.4, -0.2) is 51.2 Å². The molecule has 1 N–H and O–H groups in total. The zero-order chi connectivity index (χ0) is 13.5. The largest absolute Gasteiger partial charge is 0.481 e. The van der Waals surface area contributed by atoms with Gasteiger partial charge in [0.15, 0.2) is 5.16 Å². The van der Waals surface area contributed by atoms with Gasteiger partial charge in [-0.3, -0.25) is 4.79 Å². The average molecular weight is 281 g/mol. The van der Waals surface area contributed by atoms with Crippen LogP contribution in [0.3, 0.4) is 0 Å². The van der Waals surface area contributed by atoms with E-state index in [9.17, 15) is 13.6 Å². The molecule has 0 saturated carbocycles. The number of aliphatic carboxylic acids is 1. The minimum Gasteiger partial charge on any atom is -0.481 e. The number of hydrogen-bond donors (Lipinski definition) is 1. The van der Waals surface area contributed by atoms with Crippen LogP contribution in [0, 0.1) is 6.92 Å². The molecular formula is C9H13F2N3O3S. The highest BCUT2D eigenvalue weighted by Gasteiger charge is 2.11. The zero-order valence-electron chi connectivity index (χ0n) is 9.68. The van der Waals surface area contributed by atoms with Crippen molar-refractivity contribution in [3.05, 3.63) is 5.82 Å². The van der Waals surface area contributed by atoms with Crippen molar-refractivity contribution >= 4 is 17.7 Å². The molecule has 0 spiro atoms. The van der Waals surface area contributed by atoms with Crippen molar-refractivity contribution in [2.24, 2.45) is 0 Å². The molecule has 0 fully saturated rings. The van der Waals surface area contributed by atoms with Crippen LogP contribution in [0.25, 0.3) is 0 Å². The first-order chi connectivity index (χ1) is 8.50. The van der Waals surface area contributed by atoms with Gasteiger partial charge in [-0.2, -0.15) is 0 Å². The molecule has 9 heteroatoms. The monoisotopic (exact) mass is 281 g/mol. The normalized spacial score (nSPS) is 11.1. The fourth-order valence-corrected chi connectivity index (χ4v) is 1.91. The third-order valence-corrected chi connectivity index (χ3v) is 2.88. The fraction of sp³-hybridized carbons (Fsp3) is 0.667. The number of aryl methyl sites for hydroxylation is 1. The summed E-state index contributed by atoms with van der Waals surface area (Å²) in [7, 11) is 0. The highest BCUT2D eigenvalue weighted by Crippen LogP contribution is 2.16. The second-order valence-electron chi connectivity index (χ2n) is 3.33. The Kier molecular flexibility index (Phi) is 5.99. The van der Waals surface area contributed by atoms with Gasteiger partial charge in [-0.1, -0.05) is 11.8 Å². The SMILES string of the molecule is Cc1nnc(SCC(=O)O)n1CCOCC(F)F. The van der Waals surface area contributed by atoms with E-state index >= 15 is 0 Å². The highest BCUT2D eigenvalue weighted by molar-refractivity contribution is 7.99. The summed E-state index contributed by atoms with van der Waals surface area (Å²) >= 11 is 1.03. The van der Waals surface area contributed by atoms with Gasteiger partial charge in [0, 0.05) is 6.54 Å². The van der Waals surface area contributed by atoms with E-state index in [0.717, 1.165) is 11.8 Å². The smallest absolute Gasteiger partial charge is 0.313 e. The van der Waals surface area contributed by atoms with Crippen molar-refractivity contribution in [2.75, 3.05) is 19.0 Å². The summed E-state index contributed by atoms with van der Waals surface area (Å²) in [5.74, 6) is -0.500. The molecular weight excluding hydrogens is 268 g/mol. The second kappa shape index (κ2) is 7.27. The third-order valence-electron chi connectivity index (χ3n) is 1.93. The van der Waals surface area contributed by atoms with Crippen molar-refractivity contribution in [3.63, 3.8) is 0 Å². The molecule has 1 aromatic heterocycles. The molecule has 0 bridgehead atoms. The Labute approximate surface area is 106 Å². The molecule has 102 valence electrons. The lowest BCUT2D eigenvalue weighted by atomic mass is 10.6. The number of carboxylic acid groups (broad SMARTS) is 1. The number of ether oxygens (including phenoxy) is 1. The van der Waals surface area contributed by atoms with Crippen LogP contribution in [0.15, 0.2) is 5.16 Å². The molecule has 0 atom stereocenters. The molecule has 0 unspecified atom stereocenters. The molecule has 0 amide bonds. The lowest BCUT2D eigenvalue weighted by Crippen LogP contribution is -2.12. The fourth-order valence-electron chi connectivity index (χ4n) is 1.18. The number of halogens is 2. The van der Waals surface area contributed by atoms with Crippen LogP contribution in [0.2, 0.25) is 0 Å². The first kappa shape index (κ1) is 14.8. The molecule has 18 heavy (non-hydrogen) atoms. The van der Waals surface area contributed by atoms with E-state index in [1.165, 1.54) is 0 Å². The van der Waals surface area contributed by atoms with Crippen LogP contribution >= 0.6 is 11.8 Å². The topological polar surface area (TPSA) is 77.2 Å². The number of carbonyl (C=O) groups is 1. The number of carboxylic acids is 1. The van der Waals surface area contributed by atoms with Gasteiger partial charge in [0.1, 0.15) is 12.4 Å². The molecule has 1 aromatic rings. The molecule has 0 radical (unpaired) electrons. The van der Waals surface area contributed by atoms with Crippen LogP contribution in [-0.2, 0) is 16.1 Å². The first-order valence-corrected chi connectivity index (χ1v) is 6.09. The standard InChI is InChI=1S/C9H13F2N3O3S/c1-6-12-13-9(18-5-8(15)16)14(6)2-3-17-4-7(10)11/h7H,2-5H2,1H3,(H,15,16). The van der Waals surface area contributed by atoms with Crippen molar-refractivity contribution in [2.45, 2.75) is 25.1 Å². The highest BCUT2D eigenvalue weighted by atomic mass is 32.2. The molecule has 0 aromatic carbocycles. The van der Waals surface area contributed by atoms with Crippen LogP contribution < -0.4 is 0 Å². The van der Waals surface area contributed by atoms with Gasteiger partial charge in [-0.15, -0.1) is 10.2 Å². The Bertz CT molecular complexity index is 400. The molecule has 0 aliphatic carbocycles. The van der Waals surface area contributed by atoms with Gasteiger partial charge < -0.3 is 14.4 Å². The summed E-state index contributed by atoms with van der Waals surface area (Å²) in [4.78, 5) is 10.4. The Hall–Kier alpha value is -1.22. The van der Waals surface area contributed by atoms with Crippen molar-refractivity contribution in [1.82, 2.24) is 14.8 Å². The van der Waals surface area contributed by atoms with E-state index in [0.29, 0.717) is 17.5 Å². The lowest BCUT2D eigenvalue weighted by Gasteiger charge is -2.08. The van der Waals surface area contributed by atoms with E-state index in [4.69, 9.17) is 9.84 Å². The number of thioether (sulfide) groups is 1. The predicted molar refractivity (Wildman–Crippen MR) is 59.9 cm³/mol. The van der Waals surface area contributed by atoms with E-state index in [1.54, 1.807) is 11.5 Å². The van der Waals surface area contributed by atoms with Gasteiger partial charge >= 0.3 is 5.97 Å². The quantitative estimate of drug-likeness (QED) is 0.567. The van der Waals surface area contributed by atoms with Crippen molar-refractivity contribution < 1.29 is 23.4 Å². The lowest BCUT2D eigenvalue weighted by molar-refractivity contribution is -0.133. The number of nitrogens with zero attached hydrogens (tertiary/aromatic N) is 3. The maximum Gasteiger partial charge on any atom is 0.313 e. The Morgan fingerprint density at radius 3 is 2.89 bits per heavy atom.